The number of rotatable bonds is 8. The first kappa shape index (κ1) is 19.1. The molecule has 1 aromatic carbocycles. The first-order valence-corrected chi connectivity index (χ1v) is 9.94. The molecule has 0 radical (unpaired) electrons. The van der Waals surface area contributed by atoms with Gasteiger partial charge in [-0.15, -0.1) is 10.2 Å². The molecule has 1 N–H and O–H groups in total. The summed E-state index contributed by atoms with van der Waals surface area (Å²) in [6.45, 7) is 2.68. The molecule has 140 valence electrons. The van der Waals surface area contributed by atoms with Gasteiger partial charge in [0.25, 0.3) is 5.91 Å². The molecule has 0 spiro atoms. The molecule has 2 aromatic heterocycles. The molecule has 0 saturated heterocycles. The molecule has 0 unspecified atom stereocenters. The van der Waals surface area contributed by atoms with Gasteiger partial charge < -0.3 is 4.74 Å². The Balaban J connectivity index is 1.54. The fourth-order valence-corrected chi connectivity index (χ4v) is 3.69. The number of nitrogens with one attached hydrogen (secondary N) is 1. The Morgan fingerprint density at radius 2 is 2.07 bits per heavy atom. The van der Waals surface area contributed by atoms with Crippen molar-refractivity contribution >= 4 is 40.1 Å². The van der Waals surface area contributed by atoms with Crippen molar-refractivity contribution in [3.8, 4) is 0 Å². The summed E-state index contributed by atoms with van der Waals surface area (Å²) in [5.74, 6) is -0.468. The maximum absolute atomic E-state index is 12.3. The van der Waals surface area contributed by atoms with Crippen molar-refractivity contribution in [3.05, 3.63) is 53.9 Å². The van der Waals surface area contributed by atoms with Gasteiger partial charge in [0.05, 0.1) is 30.7 Å². The highest BCUT2D eigenvalue weighted by atomic mass is 32.2. The molecule has 27 heavy (non-hydrogen) atoms. The Kier molecular flexibility index (Phi) is 6.55. The second-order valence-corrected chi connectivity index (χ2v) is 7.53. The van der Waals surface area contributed by atoms with E-state index in [0.29, 0.717) is 28.2 Å². The lowest BCUT2D eigenvalue weighted by Crippen LogP contribution is -2.11. The minimum atomic E-state index is -0.313. The summed E-state index contributed by atoms with van der Waals surface area (Å²) in [7, 11) is 0. The summed E-state index contributed by atoms with van der Waals surface area (Å²) < 4.78 is 7.14. The van der Waals surface area contributed by atoms with Crippen LogP contribution in [0.25, 0.3) is 0 Å². The van der Waals surface area contributed by atoms with Gasteiger partial charge in [-0.2, -0.15) is 5.10 Å². The topological polar surface area (TPSA) is 99.0 Å². The quantitative estimate of drug-likeness (QED) is 0.351. The average molecular weight is 403 g/mol. The molecule has 3 aromatic rings. The summed E-state index contributed by atoms with van der Waals surface area (Å²) in [5, 5.41) is 15.1. The number of amides is 1. The molecule has 0 saturated carbocycles. The van der Waals surface area contributed by atoms with Gasteiger partial charge in [0.2, 0.25) is 5.13 Å². The number of carbonyl (C=O) groups is 2. The van der Waals surface area contributed by atoms with Gasteiger partial charge in [-0.3, -0.25) is 19.6 Å². The average Bonchev–Trinajstić information content (AvgIpc) is 3.31. The minimum Gasteiger partial charge on any atom is -0.465 e. The van der Waals surface area contributed by atoms with Gasteiger partial charge in [-0.1, -0.05) is 53.4 Å². The van der Waals surface area contributed by atoms with Crippen LogP contribution in [-0.2, 0) is 16.1 Å². The van der Waals surface area contributed by atoms with Crippen LogP contribution in [0.2, 0.25) is 0 Å². The number of benzene rings is 1. The molecule has 0 aliphatic rings. The Labute approximate surface area is 164 Å². The van der Waals surface area contributed by atoms with Crippen LogP contribution in [0.1, 0.15) is 22.8 Å². The predicted octanol–water partition coefficient (Wildman–Crippen LogP) is 2.69. The van der Waals surface area contributed by atoms with E-state index >= 15 is 0 Å². The summed E-state index contributed by atoms with van der Waals surface area (Å²) in [4.78, 5) is 23.7. The lowest BCUT2D eigenvalue weighted by molar-refractivity contribution is -0.139. The predicted molar refractivity (Wildman–Crippen MR) is 103 cm³/mol. The van der Waals surface area contributed by atoms with Crippen LogP contribution in [0.5, 0.6) is 0 Å². The molecular weight excluding hydrogens is 386 g/mol. The number of hydrogen-bond acceptors (Lipinski definition) is 8. The second kappa shape index (κ2) is 9.28. The van der Waals surface area contributed by atoms with Gasteiger partial charge in [0.1, 0.15) is 0 Å². The van der Waals surface area contributed by atoms with Crippen LogP contribution in [0.3, 0.4) is 0 Å². The molecular formula is C17H17N5O3S2. The zero-order valence-corrected chi connectivity index (χ0v) is 16.1. The monoisotopic (exact) mass is 403 g/mol. The van der Waals surface area contributed by atoms with Crippen molar-refractivity contribution < 1.29 is 14.3 Å². The number of aromatic nitrogens is 4. The van der Waals surface area contributed by atoms with Crippen LogP contribution in [-0.4, -0.2) is 44.2 Å². The fourth-order valence-electron chi connectivity index (χ4n) is 2.15. The molecule has 3 rings (SSSR count). The standard InChI is InChI=1S/C17H17N5O3S2/c1-2-25-14(23)11-26-17-21-20-16(27-17)19-15(24)13-8-18-22(10-13)9-12-6-4-3-5-7-12/h3-8,10H,2,9,11H2,1H3,(H,19,20,24). The zero-order valence-electron chi connectivity index (χ0n) is 14.5. The zero-order chi connectivity index (χ0) is 19.1. The van der Waals surface area contributed by atoms with Gasteiger partial charge in [-0.05, 0) is 12.5 Å². The highest BCUT2D eigenvalue weighted by Gasteiger charge is 2.13. The number of esters is 1. The van der Waals surface area contributed by atoms with E-state index in [-0.39, 0.29) is 17.6 Å². The number of carbonyl (C=O) groups excluding carboxylic acids is 2. The third-order valence-electron chi connectivity index (χ3n) is 3.33. The number of anilines is 1. The number of ether oxygens (including phenoxy) is 1. The summed E-state index contributed by atoms with van der Waals surface area (Å²) in [6.07, 6.45) is 3.19. The van der Waals surface area contributed by atoms with E-state index in [1.807, 2.05) is 30.3 Å². The van der Waals surface area contributed by atoms with Crippen molar-refractivity contribution in [2.45, 2.75) is 17.8 Å². The Morgan fingerprint density at radius 3 is 2.85 bits per heavy atom. The maximum Gasteiger partial charge on any atom is 0.316 e. The van der Waals surface area contributed by atoms with E-state index in [9.17, 15) is 9.59 Å². The fraction of sp³-hybridized carbons (Fsp3) is 0.235. The lowest BCUT2D eigenvalue weighted by atomic mass is 10.2. The third-order valence-corrected chi connectivity index (χ3v) is 5.27. The normalized spacial score (nSPS) is 10.6. The van der Waals surface area contributed by atoms with E-state index in [2.05, 4.69) is 20.6 Å². The van der Waals surface area contributed by atoms with Gasteiger partial charge in [-0.25, -0.2) is 0 Å². The molecule has 8 nitrogen and oxygen atoms in total. The Bertz CT molecular complexity index is 910. The first-order valence-electron chi connectivity index (χ1n) is 8.13. The van der Waals surface area contributed by atoms with Crippen LogP contribution in [0.15, 0.2) is 47.1 Å². The Morgan fingerprint density at radius 1 is 1.26 bits per heavy atom. The maximum atomic E-state index is 12.3. The number of nitrogens with zero attached hydrogens (tertiary/aromatic N) is 4. The molecule has 0 atom stereocenters. The van der Waals surface area contributed by atoms with E-state index in [4.69, 9.17) is 4.74 Å². The molecule has 0 fully saturated rings. The van der Waals surface area contributed by atoms with E-state index in [1.165, 1.54) is 29.3 Å². The van der Waals surface area contributed by atoms with Gasteiger partial charge >= 0.3 is 5.97 Å². The molecule has 0 aliphatic heterocycles. The van der Waals surface area contributed by atoms with Gasteiger partial charge in [0, 0.05) is 6.20 Å². The highest BCUT2D eigenvalue weighted by molar-refractivity contribution is 8.01. The van der Waals surface area contributed by atoms with Crippen molar-refractivity contribution in [1.82, 2.24) is 20.0 Å². The molecule has 1 amide bonds. The van der Waals surface area contributed by atoms with E-state index in [0.717, 1.165) is 5.56 Å². The van der Waals surface area contributed by atoms with Crippen molar-refractivity contribution in [1.29, 1.82) is 0 Å². The van der Waals surface area contributed by atoms with Crippen molar-refractivity contribution in [3.63, 3.8) is 0 Å². The minimum absolute atomic E-state index is 0.155. The molecule has 10 heteroatoms. The summed E-state index contributed by atoms with van der Waals surface area (Å²) in [6, 6.07) is 9.86. The third kappa shape index (κ3) is 5.63. The van der Waals surface area contributed by atoms with E-state index < -0.39 is 0 Å². The van der Waals surface area contributed by atoms with Crippen LogP contribution in [0.4, 0.5) is 5.13 Å². The van der Waals surface area contributed by atoms with Crippen LogP contribution < -0.4 is 5.32 Å². The lowest BCUT2D eigenvalue weighted by Gasteiger charge is -2.01. The number of thioether (sulfide) groups is 1. The van der Waals surface area contributed by atoms with Gasteiger partial charge in [0.15, 0.2) is 4.34 Å². The van der Waals surface area contributed by atoms with E-state index in [1.54, 1.807) is 17.8 Å². The highest BCUT2D eigenvalue weighted by Crippen LogP contribution is 2.25. The molecule has 2 heterocycles. The molecule has 0 bridgehead atoms. The largest absolute Gasteiger partial charge is 0.465 e. The van der Waals surface area contributed by atoms with Crippen molar-refractivity contribution in [2.75, 3.05) is 17.7 Å². The smallest absolute Gasteiger partial charge is 0.316 e. The number of hydrogen-bond donors (Lipinski definition) is 1. The SMILES string of the molecule is CCOC(=O)CSc1nnc(NC(=O)c2cnn(Cc3ccccc3)c2)s1. The van der Waals surface area contributed by atoms with Crippen LogP contribution in [0, 0.1) is 0 Å². The first-order chi connectivity index (χ1) is 13.1. The Hall–Kier alpha value is -2.72. The summed E-state index contributed by atoms with van der Waals surface area (Å²) >= 11 is 2.42. The second-order valence-electron chi connectivity index (χ2n) is 5.33. The summed E-state index contributed by atoms with van der Waals surface area (Å²) in [5.41, 5.74) is 1.53. The van der Waals surface area contributed by atoms with Crippen molar-refractivity contribution in [2.24, 2.45) is 0 Å². The molecule has 0 aliphatic carbocycles. The van der Waals surface area contributed by atoms with Crippen LogP contribution >= 0.6 is 23.1 Å².